The molecule has 45 heavy (non-hydrogen) atoms. The zero-order valence-corrected chi connectivity index (χ0v) is 26.0. The summed E-state index contributed by atoms with van der Waals surface area (Å²) in [7, 11) is 0. The minimum Gasteiger partial charge on any atom is -0.456 e. The molecule has 2 aliphatic heterocycles. The summed E-state index contributed by atoms with van der Waals surface area (Å²) < 4.78 is 7.77. The van der Waals surface area contributed by atoms with Crippen molar-refractivity contribution in [3.8, 4) is 0 Å². The van der Waals surface area contributed by atoms with Gasteiger partial charge in [0.1, 0.15) is 17.8 Å². The summed E-state index contributed by atoms with van der Waals surface area (Å²) in [5, 5.41) is 9.87. The number of aromatic nitrogens is 2. The maximum atomic E-state index is 14.5. The number of anilines is 1. The molecule has 2 unspecified atom stereocenters. The van der Waals surface area contributed by atoms with Gasteiger partial charge in [-0.3, -0.25) is 38.9 Å². The van der Waals surface area contributed by atoms with E-state index in [1.54, 1.807) is 41.2 Å². The summed E-state index contributed by atoms with van der Waals surface area (Å²) in [5.74, 6) is -0.844. The SMILES string of the molecule is CCn1ncc(C(C(=O)NCC2CC2)N(C(=O)c2ccc(C(C)C)o2)c2ccc3c(c2)CN(C2CCC(=O)NC2=O)C3=O)c1C. The van der Waals surface area contributed by atoms with Gasteiger partial charge in [-0.1, -0.05) is 13.8 Å². The molecule has 1 aromatic carbocycles. The average molecular weight is 615 g/mol. The van der Waals surface area contributed by atoms with Crippen molar-refractivity contribution in [2.45, 2.75) is 84.5 Å². The van der Waals surface area contributed by atoms with Crippen LogP contribution in [-0.2, 0) is 27.5 Å². The van der Waals surface area contributed by atoms with Crippen LogP contribution in [0.1, 0.15) is 102 Å². The van der Waals surface area contributed by atoms with E-state index in [4.69, 9.17) is 4.42 Å². The van der Waals surface area contributed by atoms with E-state index < -0.39 is 23.9 Å². The Hall–Kier alpha value is -4.74. The maximum Gasteiger partial charge on any atom is 0.294 e. The second kappa shape index (κ2) is 12.0. The quantitative estimate of drug-likeness (QED) is 0.332. The molecule has 2 aromatic heterocycles. The molecule has 1 saturated carbocycles. The predicted octanol–water partition coefficient (Wildman–Crippen LogP) is 3.60. The fraction of sp³-hybridized carbons (Fsp3) is 0.455. The van der Waals surface area contributed by atoms with Gasteiger partial charge in [-0.25, -0.2) is 0 Å². The first-order valence-electron chi connectivity index (χ1n) is 15.6. The average Bonchev–Trinajstić information content (AvgIpc) is 3.42. The Morgan fingerprint density at radius 2 is 1.91 bits per heavy atom. The lowest BCUT2D eigenvalue weighted by atomic mass is 10.0. The molecule has 12 nitrogen and oxygen atoms in total. The third-order valence-electron chi connectivity index (χ3n) is 8.91. The predicted molar refractivity (Wildman–Crippen MR) is 163 cm³/mol. The van der Waals surface area contributed by atoms with Gasteiger partial charge in [-0.15, -0.1) is 0 Å². The Morgan fingerprint density at radius 3 is 2.56 bits per heavy atom. The number of amides is 5. The lowest BCUT2D eigenvalue weighted by molar-refractivity contribution is -0.137. The largest absolute Gasteiger partial charge is 0.456 e. The summed E-state index contributed by atoms with van der Waals surface area (Å²) in [6, 6.07) is 6.53. The smallest absolute Gasteiger partial charge is 0.294 e. The molecule has 236 valence electrons. The van der Waals surface area contributed by atoms with Crippen molar-refractivity contribution in [2.75, 3.05) is 11.4 Å². The molecule has 12 heteroatoms. The van der Waals surface area contributed by atoms with Gasteiger partial charge in [0.25, 0.3) is 11.8 Å². The molecule has 1 aliphatic carbocycles. The van der Waals surface area contributed by atoms with E-state index in [2.05, 4.69) is 15.7 Å². The molecular formula is C33H38N6O6. The van der Waals surface area contributed by atoms with Crippen LogP contribution in [0, 0.1) is 12.8 Å². The van der Waals surface area contributed by atoms with E-state index in [0.29, 0.717) is 47.1 Å². The molecule has 0 bridgehead atoms. The minimum absolute atomic E-state index is 0.0481. The normalized spacial score (nSPS) is 18.6. The zero-order chi connectivity index (χ0) is 32.0. The number of nitrogens with one attached hydrogen (secondary N) is 2. The van der Waals surface area contributed by atoms with Crippen LogP contribution in [0.25, 0.3) is 0 Å². The molecule has 2 fully saturated rings. The van der Waals surface area contributed by atoms with Gasteiger partial charge >= 0.3 is 0 Å². The van der Waals surface area contributed by atoms with E-state index in [-0.39, 0.29) is 48.8 Å². The standard InChI is InChI=1S/C33H38N6O6/c1-5-38-19(4)24(16-35-38)29(31(42)34-15-20-6-7-20)39(33(44)27-12-11-26(45-27)18(2)3)22-8-9-23-21(14-22)17-37(32(23)43)25-10-13-28(40)36-30(25)41/h8-9,11-12,14,16,18,20,25,29H,5-7,10,13,15,17H2,1-4H3,(H,34,42)(H,36,40,41). The van der Waals surface area contributed by atoms with Crippen molar-refractivity contribution in [1.29, 1.82) is 0 Å². The number of benzene rings is 1. The van der Waals surface area contributed by atoms with E-state index in [1.807, 2.05) is 27.7 Å². The monoisotopic (exact) mass is 614 g/mol. The summed E-state index contributed by atoms with van der Waals surface area (Å²) in [6.45, 7) is 8.98. The van der Waals surface area contributed by atoms with Crippen molar-refractivity contribution >= 4 is 35.2 Å². The van der Waals surface area contributed by atoms with E-state index in [1.165, 1.54) is 9.80 Å². The number of nitrogens with zero attached hydrogens (tertiary/aromatic N) is 4. The van der Waals surface area contributed by atoms with Gasteiger partial charge in [0, 0.05) is 54.5 Å². The Labute approximate surface area is 261 Å². The number of hydrogen-bond acceptors (Lipinski definition) is 7. The number of rotatable bonds is 10. The fourth-order valence-corrected chi connectivity index (χ4v) is 6.10. The van der Waals surface area contributed by atoms with Crippen molar-refractivity contribution < 1.29 is 28.4 Å². The Kier molecular flexibility index (Phi) is 8.07. The van der Waals surface area contributed by atoms with Crippen LogP contribution in [0.3, 0.4) is 0 Å². The molecule has 0 spiro atoms. The van der Waals surface area contributed by atoms with Gasteiger partial charge < -0.3 is 14.6 Å². The third-order valence-corrected chi connectivity index (χ3v) is 8.91. The van der Waals surface area contributed by atoms with E-state index in [0.717, 1.165) is 18.5 Å². The molecule has 4 heterocycles. The van der Waals surface area contributed by atoms with Crippen LogP contribution in [0.2, 0.25) is 0 Å². The maximum absolute atomic E-state index is 14.5. The highest BCUT2D eigenvalue weighted by Gasteiger charge is 2.41. The van der Waals surface area contributed by atoms with Crippen molar-refractivity contribution in [1.82, 2.24) is 25.3 Å². The summed E-state index contributed by atoms with van der Waals surface area (Å²) in [5.41, 5.74) is 2.75. The third kappa shape index (κ3) is 5.76. The highest BCUT2D eigenvalue weighted by molar-refractivity contribution is 6.10. The van der Waals surface area contributed by atoms with Gasteiger partial charge in [0.2, 0.25) is 17.7 Å². The molecule has 3 aromatic rings. The highest BCUT2D eigenvalue weighted by Crippen LogP contribution is 2.37. The van der Waals surface area contributed by atoms with Crippen molar-refractivity contribution in [3.05, 3.63) is 70.4 Å². The van der Waals surface area contributed by atoms with Crippen LogP contribution < -0.4 is 15.5 Å². The molecule has 6 rings (SSSR count). The number of fused-ring (bicyclic) bond motifs is 1. The number of carbonyl (C=O) groups excluding carboxylic acids is 5. The van der Waals surface area contributed by atoms with Gasteiger partial charge in [0.05, 0.1) is 6.20 Å². The minimum atomic E-state index is -1.08. The topological polar surface area (TPSA) is 147 Å². The first-order chi connectivity index (χ1) is 21.6. The number of furan rings is 1. The van der Waals surface area contributed by atoms with Crippen LogP contribution in [0.4, 0.5) is 5.69 Å². The summed E-state index contributed by atoms with van der Waals surface area (Å²) in [4.78, 5) is 69.2. The van der Waals surface area contributed by atoms with Gasteiger partial charge in [-0.05, 0) is 74.9 Å². The molecule has 1 saturated heterocycles. The van der Waals surface area contributed by atoms with Crippen molar-refractivity contribution in [2.24, 2.45) is 5.92 Å². The van der Waals surface area contributed by atoms with Crippen molar-refractivity contribution in [3.63, 3.8) is 0 Å². The van der Waals surface area contributed by atoms with Crippen LogP contribution >= 0.6 is 0 Å². The molecule has 3 aliphatic rings. The zero-order valence-electron chi connectivity index (χ0n) is 26.0. The van der Waals surface area contributed by atoms with E-state index >= 15 is 0 Å². The Balaban J connectivity index is 1.42. The summed E-state index contributed by atoms with van der Waals surface area (Å²) >= 11 is 0. The van der Waals surface area contributed by atoms with E-state index in [9.17, 15) is 24.0 Å². The second-order valence-corrected chi connectivity index (χ2v) is 12.4. The molecular weight excluding hydrogens is 576 g/mol. The lowest BCUT2D eigenvalue weighted by Gasteiger charge is -2.31. The highest BCUT2D eigenvalue weighted by atomic mass is 16.4. The van der Waals surface area contributed by atoms with Crippen LogP contribution in [0.5, 0.6) is 0 Å². The number of aryl methyl sites for hydroxylation is 1. The van der Waals surface area contributed by atoms with Crippen LogP contribution in [-0.4, -0.2) is 56.8 Å². The van der Waals surface area contributed by atoms with Crippen LogP contribution in [0.15, 0.2) is 40.9 Å². The Morgan fingerprint density at radius 1 is 1.13 bits per heavy atom. The van der Waals surface area contributed by atoms with Gasteiger partial charge in [-0.2, -0.15) is 5.10 Å². The number of imide groups is 1. The summed E-state index contributed by atoms with van der Waals surface area (Å²) in [6.07, 6.45) is 4.11. The Bertz CT molecular complexity index is 1680. The second-order valence-electron chi connectivity index (χ2n) is 12.4. The molecule has 2 atom stereocenters. The van der Waals surface area contributed by atoms with Gasteiger partial charge in [0.15, 0.2) is 5.76 Å². The molecule has 2 N–H and O–H groups in total. The number of piperidine rings is 1. The first kappa shape index (κ1) is 30.3. The lowest BCUT2D eigenvalue weighted by Crippen LogP contribution is -2.52. The number of carbonyl (C=O) groups is 5. The first-order valence-corrected chi connectivity index (χ1v) is 15.6. The number of hydrogen-bond donors (Lipinski definition) is 2. The molecule has 0 radical (unpaired) electrons. The fourth-order valence-electron chi connectivity index (χ4n) is 6.10. The molecule has 5 amide bonds.